The van der Waals surface area contributed by atoms with Gasteiger partial charge in [-0.05, 0) is 50.2 Å². The molecule has 0 N–H and O–H groups in total. The number of carbonyl (C=O) groups is 2. The van der Waals surface area contributed by atoms with Crippen LogP contribution in [0.2, 0.25) is 0 Å². The van der Waals surface area contributed by atoms with Crippen molar-refractivity contribution in [3.63, 3.8) is 0 Å². The molecule has 8 nitrogen and oxygen atoms in total. The van der Waals surface area contributed by atoms with Crippen molar-refractivity contribution in [3.05, 3.63) is 70.6 Å². The van der Waals surface area contributed by atoms with Gasteiger partial charge in [-0.15, -0.1) is 0 Å². The van der Waals surface area contributed by atoms with E-state index in [0.717, 1.165) is 11.3 Å². The van der Waals surface area contributed by atoms with Gasteiger partial charge < -0.3 is 23.5 Å². The zero-order valence-electron chi connectivity index (χ0n) is 17.2. The van der Waals surface area contributed by atoms with Gasteiger partial charge >= 0.3 is 5.97 Å². The number of fused-ring (bicyclic) bond motifs is 1. The molecule has 0 amide bonds. The first kappa shape index (κ1) is 20.5. The van der Waals surface area contributed by atoms with Crippen LogP contribution in [-0.2, 0) is 11.3 Å². The summed E-state index contributed by atoms with van der Waals surface area (Å²) in [6, 6.07) is 11.5. The molecule has 4 rings (SSSR count). The van der Waals surface area contributed by atoms with Gasteiger partial charge in [0.2, 0.25) is 0 Å². The molecule has 2 heterocycles. The Bertz CT molecular complexity index is 1100. The molecule has 1 aromatic heterocycles. The topological polar surface area (TPSA) is 97.1 Å². The van der Waals surface area contributed by atoms with Crippen LogP contribution in [0.4, 0.5) is 0 Å². The van der Waals surface area contributed by atoms with E-state index in [0.29, 0.717) is 41.8 Å². The zero-order valence-corrected chi connectivity index (χ0v) is 17.2. The summed E-state index contributed by atoms with van der Waals surface area (Å²) >= 11 is 0. The summed E-state index contributed by atoms with van der Waals surface area (Å²) in [7, 11) is 0. The molecule has 2 aromatic carbocycles. The minimum atomic E-state index is -0.617. The van der Waals surface area contributed by atoms with Crippen molar-refractivity contribution in [3.8, 4) is 17.2 Å². The molecule has 1 aliphatic heterocycles. The fourth-order valence-corrected chi connectivity index (χ4v) is 3.09. The van der Waals surface area contributed by atoms with Crippen LogP contribution in [0.25, 0.3) is 0 Å². The highest BCUT2D eigenvalue weighted by Gasteiger charge is 2.17. The van der Waals surface area contributed by atoms with Gasteiger partial charge in [-0.3, -0.25) is 4.79 Å². The van der Waals surface area contributed by atoms with Crippen molar-refractivity contribution < 1.29 is 33.1 Å². The van der Waals surface area contributed by atoms with Crippen LogP contribution in [0.5, 0.6) is 17.2 Å². The van der Waals surface area contributed by atoms with Crippen molar-refractivity contribution >= 4 is 11.8 Å². The maximum absolute atomic E-state index is 12.4. The number of nitrogens with zero attached hydrogens (tertiary/aromatic N) is 1. The van der Waals surface area contributed by atoms with E-state index in [9.17, 15) is 9.59 Å². The van der Waals surface area contributed by atoms with Crippen LogP contribution in [0.3, 0.4) is 0 Å². The first-order valence-corrected chi connectivity index (χ1v) is 9.76. The van der Waals surface area contributed by atoms with Gasteiger partial charge in [0.15, 0.2) is 23.9 Å². The van der Waals surface area contributed by atoms with Crippen LogP contribution in [0, 0.1) is 13.8 Å². The smallest absolute Gasteiger partial charge is 0.338 e. The van der Waals surface area contributed by atoms with Gasteiger partial charge in [-0.25, -0.2) is 4.79 Å². The number of Topliss-reactive ketones (excluding diaryl/α,β-unsaturated/α-hetero) is 1. The second kappa shape index (κ2) is 8.91. The maximum atomic E-state index is 12.4. The Labute approximate surface area is 178 Å². The third kappa shape index (κ3) is 4.69. The van der Waals surface area contributed by atoms with Gasteiger partial charge in [-0.1, -0.05) is 11.2 Å². The first-order valence-electron chi connectivity index (χ1n) is 9.76. The predicted octanol–water partition coefficient (Wildman–Crippen LogP) is 3.68. The van der Waals surface area contributed by atoms with E-state index in [-0.39, 0.29) is 24.6 Å². The Morgan fingerprint density at radius 3 is 2.58 bits per heavy atom. The number of ketones is 1. The number of hydrogen-bond acceptors (Lipinski definition) is 8. The van der Waals surface area contributed by atoms with Crippen molar-refractivity contribution in [1.29, 1.82) is 0 Å². The highest BCUT2D eigenvalue weighted by Crippen LogP contribution is 2.30. The number of rotatable bonds is 7. The number of esters is 1. The molecule has 0 unspecified atom stereocenters. The van der Waals surface area contributed by atoms with Crippen molar-refractivity contribution in [2.24, 2.45) is 0 Å². The summed E-state index contributed by atoms with van der Waals surface area (Å²) in [6.45, 7) is 4.42. The minimum absolute atomic E-state index is 0.266. The summed E-state index contributed by atoms with van der Waals surface area (Å²) in [5, 5.41) is 3.89. The lowest BCUT2D eigenvalue weighted by atomic mass is 10.1. The lowest BCUT2D eigenvalue weighted by molar-refractivity contribution is 0.0474. The van der Waals surface area contributed by atoms with E-state index in [1.165, 1.54) is 0 Å². The molecule has 0 fully saturated rings. The Morgan fingerprint density at radius 1 is 1.00 bits per heavy atom. The van der Waals surface area contributed by atoms with Gasteiger partial charge in [0.05, 0.1) is 16.8 Å². The van der Waals surface area contributed by atoms with Crippen LogP contribution >= 0.6 is 0 Å². The molecule has 0 atom stereocenters. The quantitative estimate of drug-likeness (QED) is 0.419. The van der Waals surface area contributed by atoms with Gasteiger partial charge in [0.1, 0.15) is 31.3 Å². The molecule has 0 bridgehead atoms. The fourth-order valence-electron chi connectivity index (χ4n) is 3.09. The molecule has 0 saturated heterocycles. The van der Waals surface area contributed by atoms with Crippen molar-refractivity contribution in [2.75, 3.05) is 19.8 Å². The Hall–Kier alpha value is -3.81. The van der Waals surface area contributed by atoms with E-state index in [2.05, 4.69) is 5.16 Å². The van der Waals surface area contributed by atoms with E-state index < -0.39 is 5.97 Å². The molecular weight excluding hydrogens is 402 g/mol. The van der Waals surface area contributed by atoms with Gasteiger partial charge in [0, 0.05) is 5.56 Å². The summed E-state index contributed by atoms with van der Waals surface area (Å²) in [4.78, 5) is 24.8. The monoisotopic (exact) mass is 423 g/mol. The van der Waals surface area contributed by atoms with Crippen LogP contribution in [0.15, 0.2) is 47.0 Å². The average Bonchev–Trinajstić information content (AvgIpc) is 3.12. The number of hydrogen-bond donors (Lipinski definition) is 0. The molecule has 0 radical (unpaired) electrons. The summed E-state index contributed by atoms with van der Waals surface area (Å²) in [5.41, 5.74) is 2.28. The molecular formula is C23H21NO7. The standard InChI is InChI=1S/C23H21NO7/c1-14-19(15(2)31-24-14)12-29-18-5-3-4-17(10-18)23(26)30-13-20(25)16-6-7-21-22(11-16)28-9-8-27-21/h3-7,10-11H,8-9,12-13H2,1-2H3. The van der Waals surface area contributed by atoms with Crippen molar-refractivity contribution in [1.82, 2.24) is 5.16 Å². The second-order valence-electron chi connectivity index (χ2n) is 6.98. The van der Waals surface area contributed by atoms with E-state index in [1.54, 1.807) is 42.5 Å². The maximum Gasteiger partial charge on any atom is 0.338 e. The lowest BCUT2D eigenvalue weighted by Gasteiger charge is -2.18. The highest BCUT2D eigenvalue weighted by atomic mass is 16.6. The van der Waals surface area contributed by atoms with E-state index in [4.69, 9.17) is 23.5 Å². The molecule has 0 aliphatic carbocycles. The van der Waals surface area contributed by atoms with Crippen molar-refractivity contribution in [2.45, 2.75) is 20.5 Å². The zero-order chi connectivity index (χ0) is 21.8. The summed E-state index contributed by atoms with van der Waals surface area (Å²) in [6.07, 6.45) is 0. The predicted molar refractivity (Wildman–Crippen MR) is 109 cm³/mol. The molecule has 160 valence electrons. The van der Waals surface area contributed by atoms with Gasteiger partial charge in [-0.2, -0.15) is 0 Å². The Morgan fingerprint density at radius 2 is 1.81 bits per heavy atom. The Kier molecular flexibility index (Phi) is 5.88. The number of aromatic nitrogens is 1. The highest BCUT2D eigenvalue weighted by molar-refractivity contribution is 5.99. The molecule has 0 spiro atoms. The fraction of sp³-hybridized carbons (Fsp3) is 0.261. The second-order valence-corrected chi connectivity index (χ2v) is 6.98. The number of carbonyl (C=O) groups excluding carboxylic acids is 2. The molecule has 1 aliphatic rings. The molecule has 8 heteroatoms. The van der Waals surface area contributed by atoms with E-state index >= 15 is 0 Å². The van der Waals surface area contributed by atoms with Crippen LogP contribution in [-0.4, -0.2) is 36.7 Å². The third-order valence-corrected chi connectivity index (χ3v) is 4.83. The number of benzene rings is 2. The summed E-state index contributed by atoms with van der Waals surface area (Å²) in [5.74, 6) is 1.32. The van der Waals surface area contributed by atoms with Crippen LogP contribution in [0.1, 0.15) is 37.7 Å². The molecule has 31 heavy (non-hydrogen) atoms. The third-order valence-electron chi connectivity index (χ3n) is 4.83. The normalized spacial score (nSPS) is 12.3. The minimum Gasteiger partial charge on any atom is -0.489 e. The van der Waals surface area contributed by atoms with Crippen LogP contribution < -0.4 is 14.2 Å². The van der Waals surface area contributed by atoms with E-state index in [1.807, 2.05) is 13.8 Å². The summed E-state index contributed by atoms with van der Waals surface area (Å²) < 4.78 is 27.0. The molecule has 3 aromatic rings. The first-order chi connectivity index (χ1) is 15.0. The lowest BCUT2D eigenvalue weighted by Crippen LogP contribution is -2.17. The largest absolute Gasteiger partial charge is 0.489 e. The number of aryl methyl sites for hydroxylation is 2. The number of ether oxygens (including phenoxy) is 4. The Balaban J connectivity index is 1.35. The molecule has 0 saturated carbocycles. The van der Waals surface area contributed by atoms with Gasteiger partial charge in [0.25, 0.3) is 0 Å². The average molecular weight is 423 g/mol. The SMILES string of the molecule is Cc1noc(C)c1COc1cccc(C(=O)OCC(=O)c2ccc3c(c2)OCCO3)c1.